The van der Waals surface area contributed by atoms with E-state index in [4.69, 9.17) is 9.26 Å². The summed E-state index contributed by atoms with van der Waals surface area (Å²) in [6.45, 7) is 1.13. The molecule has 2 aromatic heterocycles. The SMILES string of the molecule is CNCc1ccc(OCc2noc(-c3cccs3)n2)cc1. The third-order valence-electron chi connectivity index (χ3n) is 2.87. The second-order valence-corrected chi connectivity index (χ2v) is 5.40. The van der Waals surface area contributed by atoms with E-state index in [9.17, 15) is 0 Å². The minimum absolute atomic E-state index is 0.292. The maximum Gasteiger partial charge on any atom is 0.268 e. The second-order valence-electron chi connectivity index (χ2n) is 4.46. The molecule has 3 rings (SSSR count). The molecule has 0 radical (unpaired) electrons. The molecule has 0 bridgehead atoms. The first-order valence-corrected chi connectivity index (χ1v) is 7.46. The molecule has 1 aromatic carbocycles. The second kappa shape index (κ2) is 6.51. The Morgan fingerprint density at radius 2 is 2.10 bits per heavy atom. The van der Waals surface area contributed by atoms with Crippen LogP contribution < -0.4 is 10.1 Å². The maximum absolute atomic E-state index is 5.65. The van der Waals surface area contributed by atoms with Crippen molar-refractivity contribution in [1.82, 2.24) is 15.5 Å². The van der Waals surface area contributed by atoms with Gasteiger partial charge < -0.3 is 14.6 Å². The van der Waals surface area contributed by atoms with Gasteiger partial charge >= 0.3 is 0 Å². The number of hydrogen-bond acceptors (Lipinski definition) is 6. The molecule has 1 N–H and O–H groups in total. The van der Waals surface area contributed by atoms with Gasteiger partial charge in [0.1, 0.15) is 5.75 Å². The van der Waals surface area contributed by atoms with Gasteiger partial charge in [-0.2, -0.15) is 4.98 Å². The van der Waals surface area contributed by atoms with Gasteiger partial charge in [-0.05, 0) is 36.2 Å². The van der Waals surface area contributed by atoms with Crippen molar-refractivity contribution in [3.8, 4) is 16.5 Å². The number of rotatable bonds is 6. The molecule has 108 valence electrons. The number of nitrogens with one attached hydrogen (secondary N) is 1. The van der Waals surface area contributed by atoms with E-state index in [2.05, 4.69) is 15.5 Å². The molecule has 0 aliphatic carbocycles. The highest BCUT2D eigenvalue weighted by Crippen LogP contribution is 2.22. The molecule has 0 unspecified atom stereocenters. The lowest BCUT2D eigenvalue weighted by Crippen LogP contribution is -2.04. The summed E-state index contributed by atoms with van der Waals surface area (Å²) in [7, 11) is 1.92. The standard InChI is InChI=1S/C15H15N3O2S/c1-16-9-11-4-6-12(7-5-11)19-10-14-17-15(20-18-14)13-3-2-8-21-13/h2-8,16H,9-10H2,1H3. The molecule has 0 saturated heterocycles. The molecule has 0 atom stereocenters. The van der Waals surface area contributed by atoms with E-state index < -0.39 is 0 Å². The summed E-state index contributed by atoms with van der Waals surface area (Å²) in [4.78, 5) is 5.28. The Morgan fingerprint density at radius 1 is 1.24 bits per heavy atom. The van der Waals surface area contributed by atoms with E-state index in [1.165, 1.54) is 5.56 Å². The van der Waals surface area contributed by atoms with Crippen molar-refractivity contribution in [2.24, 2.45) is 0 Å². The Labute approximate surface area is 126 Å². The summed E-state index contributed by atoms with van der Waals surface area (Å²) >= 11 is 1.57. The Balaban J connectivity index is 1.60. The van der Waals surface area contributed by atoms with Gasteiger partial charge in [-0.25, -0.2) is 0 Å². The van der Waals surface area contributed by atoms with Crippen LogP contribution in [-0.2, 0) is 13.2 Å². The Bertz CT molecular complexity index is 677. The monoisotopic (exact) mass is 301 g/mol. The zero-order valence-corrected chi connectivity index (χ0v) is 12.4. The number of nitrogens with zero attached hydrogens (tertiary/aromatic N) is 2. The third-order valence-corrected chi connectivity index (χ3v) is 3.73. The highest BCUT2D eigenvalue weighted by molar-refractivity contribution is 7.13. The summed E-state index contributed by atoms with van der Waals surface area (Å²) in [5, 5.41) is 9.00. The van der Waals surface area contributed by atoms with Crippen LogP contribution in [-0.4, -0.2) is 17.2 Å². The lowest BCUT2D eigenvalue weighted by molar-refractivity contribution is 0.287. The quantitative estimate of drug-likeness (QED) is 0.758. The molecule has 6 heteroatoms. The molecule has 0 fully saturated rings. The van der Waals surface area contributed by atoms with Crippen molar-refractivity contribution in [2.75, 3.05) is 7.05 Å². The number of thiophene rings is 1. The van der Waals surface area contributed by atoms with Crippen LogP contribution in [0.3, 0.4) is 0 Å². The van der Waals surface area contributed by atoms with Crippen molar-refractivity contribution in [3.05, 3.63) is 53.2 Å². The first-order chi connectivity index (χ1) is 10.3. The van der Waals surface area contributed by atoms with Crippen LogP contribution in [0.2, 0.25) is 0 Å². The lowest BCUT2D eigenvalue weighted by Gasteiger charge is -2.04. The Kier molecular flexibility index (Phi) is 4.28. The van der Waals surface area contributed by atoms with Gasteiger partial charge in [0.25, 0.3) is 5.89 Å². The predicted molar refractivity (Wildman–Crippen MR) is 81.1 cm³/mol. The normalized spacial score (nSPS) is 10.7. The minimum atomic E-state index is 0.292. The average molecular weight is 301 g/mol. The van der Waals surface area contributed by atoms with Gasteiger partial charge in [0.2, 0.25) is 5.82 Å². The molecule has 5 nitrogen and oxygen atoms in total. The molecule has 21 heavy (non-hydrogen) atoms. The van der Waals surface area contributed by atoms with Crippen LogP contribution in [0.15, 0.2) is 46.3 Å². The molecule has 0 saturated carbocycles. The van der Waals surface area contributed by atoms with E-state index >= 15 is 0 Å². The number of ether oxygens (including phenoxy) is 1. The first-order valence-electron chi connectivity index (χ1n) is 6.58. The van der Waals surface area contributed by atoms with E-state index in [0.717, 1.165) is 17.2 Å². The van der Waals surface area contributed by atoms with Crippen molar-refractivity contribution < 1.29 is 9.26 Å². The molecule has 0 amide bonds. The topological polar surface area (TPSA) is 60.2 Å². The molecular formula is C15H15N3O2S. The summed E-state index contributed by atoms with van der Waals surface area (Å²) < 4.78 is 10.9. The van der Waals surface area contributed by atoms with Crippen molar-refractivity contribution in [3.63, 3.8) is 0 Å². The van der Waals surface area contributed by atoms with Gasteiger partial charge in [-0.15, -0.1) is 11.3 Å². The molecule has 0 aliphatic heterocycles. The fourth-order valence-corrected chi connectivity index (χ4v) is 2.51. The predicted octanol–water partition coefficient (Wildman–Crippen LogP) is 3.10. The fraction of sp³-hybridized carbons (Fsp3) is 0.200. The van der Waals surface area contributed by atoms with Crippen molar-refractivity contribution in [2.45, 2.75) is 13.2 Å². The van der Waals surface area contributed by atoms with Gasteiger partial charge in [0.15, 0.2) is 6.61 Å². The number of hydrogen-bond donors (Lipinski definition) is 1. The molecule has 2 heterocycles. The van der Waals surface area contributed by atoms with Crippen LogP contribution in [0.5, 0.6) is 5.75 Å². The van der Waals surface area contributed by atoms with Crippen LogP contribution in [0, 0.1) is 0 Å². The Hall–Kier alpha value is -2.18. The van der Waals surface area contributed by atoms with E-state index in [0.29, 0.717) is 18.3 Å². The number of benzene rings is 1. The van der Waals surface area contributed by atoms with Gasteiger partial charge in [0, 0.05) is 6.54 Å². The van der Waals surface area contributed by atoms with E-state index in [1.54, 1.807) is 11.3 Å². The highest BCUT2D eigenvalue weighted by atomic mass is 32.1. The lowest BCUT2D eigenvalue weighted by atomic mass is 10.2. The molecule has 3 aromatic rings. The Morgan fingerprint density at radius 3 is 2.81 bits per heavy atom. The van der Waals surface area contributed by atoms with Crippen molar-refractivity contribution in [1.29, 1.82) is 0 Å². The molecular weight excluding hydrogens is 286 g/mol. The summed E-state index contributed by atoms with van der Waals surface area (Å²) in [5.74, 6) is 1.86. The summed E-state index contributed by atoms with van der Waals surface area (Å²) in [6.07, 6.45) is 0. The largest absolute Gasteiger partial charge is 0.485 e. The smallest absolute Gasteiger partial charge is 0.268 e. The fourth-order valence-electron chi connectivity index (χ4n) is 1.87. The van der Waals surface area contributed by atoms with Crippen molar-refractivity contribution >= 4 is 11.3 Å². The van der Waals surface area contributed by atoms with Gasteiger partial charge in [0.05, 0.1) is 4.88 Å². The van der Waals surface area contributed by atoms with E-state index in [-0.39, 0.29) is 0 Å². The summed E-state index contributed by atoms with van der Waals surface area (Å²) in [5.41, 5.74) is 1.21. The van der Waals surface area contributed by atoms with Gasteiger partial charge in [-0.3, -0.25) is 0 Å². The zero-order chi connectivity index (χ0) is 14.5. The average Bonchev–Trinajstić information content (AvgIpc) is 3.18. The molecule has 0 spiro atoms. The van der Waals surface area contributed by atoms with Gasteiger partial charge in [-0.1, -0.05) is 23.4 Å². The highest BCUT2D eigenvalue weighted by Gasteiger charge is 2.09. The molecule has 0 aliphatic rings. The number of aromatic nitrogens is 2. The first kappa shape index (κ1) is 13.8. The van der Waals surface area contributed by atoms with Crippen LogP contribution in [0.25, 0.3) is 10.8 Å². The maximum atomic E-state index is 5.65. The van der Waals surface area contributed by atoms with Crippen LogP contribution in [0.1, 0.15) is 11.4 Å². The van der Waals surface area contributed by atoms with Crippen LogP contribution >= 0.6 is 11.3 Å². The van der Waals surface area contributed by atoms with E-state index in [1.807, 2.05) is 48.8 Å². The minimum Gasteiger partial charge on any atom is -0.485 e. The zero-order valence-electron chi connectivity index (χ0n) is 11.6. The third kappa shape index (κ3) is 3.48. The summed E-state index contributed by atoms with van der Waals surface area (Å²) in [6, 6.07) is 11.8. The van der Waals surface area contributed by atoms with Crippen LogP contribution in [0.4, 0.5) is 0 Å².